The van der Waals surface area contributed by atoms with Crippen molar-refractivity contribution in [1.82, 2.24) is 4.72 Å². The Bertz CT molecular complexity index is 545. The van der Waals surface area contributed by atoms with Crippen LogP contribution in [0, 0.1) is 0 Å². The van der Waals surface area contributed by atoms with E-state index in [0.29, 0.717) is 0 Å². The van der Waals surface area contributed by atoms with Crippen molar-refractivity contribution in [3.63, 3.8) is 0 Å². The van der Waals surface area contributed by atoms with Crippen molar-refractivity contribution in [3.8, 4) is 0 Å². The maximum absolute atomic E-state index is 12.2. The predicted molar refractivity (Wildman–Crippen MR) is 65.0 cm³/mol. The van der Waals surface area contributed by atoms with Crippen molar-refractivity contribution < 1.29 is 32.2 Å². The molecule has 0 aromatic carbocycles. The number of fused-ring (bicyclic) bond motifs is 3. The number of nitrogens with one attached hydrogen (secondary N) is 1. The minimum atomic E-state index is -3.64. The Balaban J connectivity index is 2.00. The van der Waals surface area contributed by atoms with Gasteiger partial charge in [-0.3, -0.25) is 0 Å². The second-order valence-corrected chi connectivity index (χ2v) is 7.53. The lowest BCUT2D eigenvalue weighted by atomic mass is 9.92. The van der Waals surface area contributed by atoms with Crippen molar-refractivity contribution >= 4 is 16.0 Å². The van der Waals surface area contributed by atoms with Crippen molar-refractivity contribution in [2.45, 2.75) is 50.6 Å². The quantitative estimate of drug-likeness (QED) is 0.674. The summed E-state index contributed by atoms with van der Waals surface area (Å²) in [4.78, 5) is 12.2. The lowest BCUT2D eigenvalue weighted by Crippen LogP contribution is -2.63. The third-order valence-electron chi connectivity index (χ3n) is 3.72. The Kier molecular flexibility index (Phi) is 2.94. The average Bonchev–Trinajstić information content (AvgIpc) is 2.88. The first-order valence-electron chi connectivity index (χ1n) is 6.40. The third kappa shape index (κ3) is 1.88. The molecule has 4 atom stereocenters. The van der Waals surface area contributed by atoms with E-state index >= 15 is 0 Å². The molecule has 9 heteroatoms. The summed E-state index contributed by atoms with van der Waals surface area (Å²) in [6.45, 7) is 4.81. The van der Waals surface area contributed by atoms with Crippen LogP contribution in [-0.4, -0.2) is 56.6 Å². The van der Waals surface area contributed by atoms with Gasteiger partial charge < -0.3 is 18.9 Å². The standard InChI is InChI=1S/C11H17NO7S/c1-4-20(14,15)12-11-6(5-16-9(11)13)17-8-7(11)18-10(2,3)19-8/h6-8,12H,4-5H2,1-3H3/t6-,7+,8-,11-/m1/s1. The Morgan fingerprint density at radius 3 is 2.70 bits per heavy atom. The van der Waals surface area contributed by atoms with Gasteiger partial charge in [0.2, 0.25) is 10.0 Å². The molecule has 3 rings (SSSR count). The van der Waals surface area contributed by atoms with Crippen LogP contribution >= 0.6 is 0 Å². The van der Waals surface area contributed by atoms with Crippen LogP contribution < -0.4 is 4.72 Å². The summed E-state index contributed by atoms with van der Waals surface area (Å²) in [7, 11) is -3.64. The smallest absolute Gasteiger partial charge is 0.333 e. The fourth-order valence-electron chi connectivity index (χ4n) is 2.77. The molecule has 0 radical (unpaired) electrons. The van der Waals surface area contributed by atoms with Crippen LogP contribution in [0.4, 0.5) is 0 Å². The Morgan fingerprint density at radius 1 is 1.35 bits per heavy atom. The van der Waals surface area contributed by atoms with Crippen LogP contribution in [-0.2, 0) is 33.8 Å². The number of rotatable bonds is 3. The van der Waals surface area contributed by atoms with Gasteiger partial charge in [-0.2, -0.15) is 4.72 Å². The van der Waals surface area contributed by atoms with E-state index in [2.05, 4.69) is 4.72 Å². The molecule has 20 heavy (non-hydrogen) atoms. The van der Waals surface area contributed by atoms with Crippen molar-refractivity contribution in [2.24, 2.45) is 0 Å². The Labute approximate surface area is 116 Å². The summed E-state index contributed by atoms with van der Waals surface area (Å²) in [5.41, 5.74) is -1.56. The largest absolute Gasteiger partial charge is 0.461 e. The second-order valence-electron chi connectivity index (χ2n) is 5.52. The highest BCUT2D eigenvalue weighted by atomic mass is 32.2. The van der Waals surface area contributed by atoms with Crippen molar-refractivity contribution in [3.05, 3.63) is 0 Å². The van der Waals surface area contributed by atoms with Gasteiger partial charge in [0, 0.05) is 0 Å². The molecule has 0 saturated carbocycles. The zero-order valence-corrected chi connectivity index (χ0v) is 12.2. The zero-order valence-electron chi connectivity index (χ0n) is 11.4. The van der Waals surface area contributed by atoms with Gasteiger partial charge in [0.05, 0.1) is 5.75 Å². The monoisotopic (exact) mass is 307 g/mol. The molecule has 1 N–H and O–H groups in total. The average molecular weight is 307 g/mol. The van der Waals surface area contributed by atoms with Gasteiger partial charge in [0.25, 0.3) is 0 Å². The van der Waals surface area contributed by atoms with E-state index in [1.165, 1.54) is 6.92 Å². The van der Waals surface area contributed by atoms with Crippen LogP contribution in [0.25, 0.3) is 0 Å². The number of hydrogen-bond donors (Lipinski definition) is 1. The normalized spacial score (nSPS) is 42.4. The molecule has 3 heterocycles. The number of ether oxygens (including phenoxy) is 4. The number of cyclic esters (lactones) is 1. The first-order valence-corrected chi connectivity index (χ1v) is 8.05. The topological polar surface area (TPSA) is 100 Å². The molecule has 0 aromatic rings. The molecule has 0 bridgehead atoms. The van der Waals surface area contributed by atoms with Crippen LogP contribution in [0.5, 0.6) is 0 Å². The summed E-state index contributed by atoms with van der Waals surface area (Å²) in [5.74, 6) is -1.79. The van der Waals surface area contributed by atoms with Crippen molar-refractivity contribution in [1.29, 1.82) is 0 Å². The molecule has 3 fully saturated rings. The fraction of sp³-hybridized carbons (Fsp3) is 0.909. The van der Waals surface area contributed by atoms with Gasteiger partial charge in [-0.1, -0.05) is 0 Å². The molecule has 114 valence electrons. The maximum atomic E-state index is 12.2. The van der Waals surface area contributed by atoms with Crippen LogP contribution in [0.1, 0.15) is 20.8 Å². The summed E-state index contributed by atoms with van der Waals surface area (Å²) >= 11 is 0. The highest BCUT2D eigenvalue weighted by Gasteiger charge is 2.72. The zero-order chi connectivity index (χ0) is 14.8. The molecule has 0 aliphatic carbocycles. The molecule has 3 aliphatic rings. The summed E-state index contributed by atoms with van der Waals surface area (Å²) in [6, 6.07) is 0. The molecule has 3 saturated heterocycles. The van der Waals surface area contributed by atoms with Crippen LogP contribution in [0.15, 0.2) is 0 Å². The second kappa shape index (κ2) is 4.14. The Morgan fingerprint density at radius 2 is 2.05 bits per heavy atom. The first-order chi connectivity index (χ1) is 9.20. The lowest BCUT2D eigenvalue weighted by molar-refractivity contribution is -0.208. The maximum Gasteiger partial charge on any atom is 0.333 e. The van der Waals surface area contributed by atoms with E-state index in [1.807, 2.05) is 0 Å². The summed E-state index contributed by atoms with van der Waals surface area (Å²) < 4.78 is 48.0. The van der Waals surface area contributed by atoms with Gasteiger partial charge in [0.15, 0.2) is 17.6 Å². The van der Waals surface area contributed by atoms with E-state index in [9.17, 15) is 13.2 Å². The van der Waals surface area contributed by atoms with Crippen LogP contribution in [0.3, 0.4) is 0 Å². The minimum absolute atomic E-state index is 0.0226. The van der Waals surface area contributed by atoms with E-state index in [-0.39, 0.29) is 12.4 Å². The van der Waals surface area contributed by atoms with Gasteiger partial charge >= 0.3 is 5.97 Å². The number of carbonyl (C=O) groups is 1. The fourth-order valence-corrected chi connectivity index (χ4v) is 3.76. The lowest BCUT2D eigenvalue weighted by Gasteiger charge is -2.30. The Hall–Kier alpha value is -0.740. The van der Waals surface area contributed by atoms with E-state index in [0.717, 1.165) is 0 Å². The first kappa shape index (κ1) is 14.2. The molecular formula is C11H17NO7S. The molecule has 3 aliphatic heterocycles. The summed E-state index contributed by atoms with van der Waals surface area (Å²) in [5, 5.41) is 0. The van der Waals surface area contributed by atoms with E-state index < -0.39 is 45.8 Å². The van der Waals surface area contributed by atoms with Gasteiger partial charge in [-0.25, -0.2) is 13.2 Å². The number of carbonyl (C=O) groups excluding carboxylic acids is 1. The SMILES string of the molecule is CCS(=O)(=O)N[C@]12C(=O)OC[C@H]1O[C@@H]1OC(C)(C)O[C@@H]12. The summed E-state index contributed by atoms with van der Waals surface area (Å²) in [6.07, 6.45) is -2.40. The van der Waals surface area contributed by atoms with E-state index in [4.69, 9.17) is 18.9 Å². The van der Waals surface area contributed by atoms with Gasteiger partial charge in [-0.15, -0.1) is 0 Å². The van der Waals surface area contributed by atoms with E-state index in [1.54, 1.807) is 13.8 Å². The molecule has 0 aromatic heterocycles. The van der Waals surface area contributed by atoms with Crippen LogP contribution in [0.2, 0.25) is 0 Å². The number of sulfonamides is 1. The molecule has 0 spiro atoms. The number of esters is 1. The minimum Gasteiger partial charge on any atom is -0.461 e. The van der Waals surface area contributed by atoms with Gasteiger partial charge in [-0.05, 0) is 20.8 Å². The van der Waals surface area contributed by atoms with Crippen molar-refractivity contribution in [2.75, 3.05) is 12.4 Å². The molecule has 8 nitrogen and oxygen atoms in total. The molecule has 0 amide bonds. The highest BCUT2D eigenvalue weighted by Crippen LogP contribution is 2.46. The van der Waals surface area contributed by atoms with Gasteiger partial charge in [0.1, 0.15) is 18.8 Å². The predicted octanol–water partition coefficient (Wildman–Crippen LogP) is -0.902. The third-order valence-corrected chi connectivity index (χ3v) is 5.13. The molecule has 0 unspecified atom stereocenters. The highest BCUT2D eigenvalue weighted by molar-refractivity contribution is 7.89. The molecular weight excluding hydrogens is 290 g/mol. The number of hydrogen-bond acceptors (Lipinski definition) is 7.